The lowest BCUT2D eigenvalue weighted by Gasteiger charge is -2.15. The van der Waals surface area contributed by atoms with E-state index in [2.05, 4.69) is 4.98 Å². The van der Waals surface area contributed by atoms with Crippen LogP contribution in [0.25, 0.3) is 0 Å². The number of nitrogens with one attached hydrogen (secondary N) is 2. The van der Waals surface area contributed by atoms with E-state index < -0.39 is 45.0 Å². The van der Waals surface area contributed by atoms with Crippen molar-refractivity contribution >= 4 is 70.0 Å². The molecular weight excluding hydrogens is 392 g/mol. The van der Waals surface area contributed by atoms with Gasteiger partial charge in [0.15, 0.2) is 0 Å². The van der Waals surface area contributed by atoms with Gasteiger partial charge >= 0.3 is 12.0 Å². The Labute approximate surface area is 155 Å². The molecule has 0 radical (unpaired) electrons. The minimum absolute atomic E-state index is 0.0258. The van der Waals surface area contributed by atoms with Crippen LogP contribution in [0.2, 0.25) is 5.15 Å². The maximum atomic E-state index is 12.0. The average Bonchev–Trinajstić information content (AvgIpc) is 2.44. The first-order valence-electron chi connectivity index (χ1n) is 7.34. The molecule has 0 aliphatic rings. The number of alkyl halides is 3. The van der Waals surface area contributed by atoms with Crippen LogP contribution in [0, 0.1) is 6.85 Å². The summed E-state index contributed by atoms with van der Waals surface area (Å²) in [7, 11) is 0. The Hall–Kier alpha value is -1.28. The average molecular weight is 406 g/mol. The largest absolute Gasteiger partial charge is 0.462 e. The predicted octanol–water partition coefficient (Wildman–Crippen LogP) is 3.24. The maximum Gasteiger partial charge on any atom is 0.341 e. The monoisotopic (exact) mass is 404 g/mol. The summed E-state index contributed by atoms with van der Waals surface area (Å²) in [6.07, 6.45) is 0.919. The zero-order chi connectivity index (χ0) is 20.3. The summed E-state index contributed by atoms with van der Waals surface area (Å²) >= 11 is 21.8. The van der Waals surface area contributed by atoms with Crippen molar-refractivity contribution in [2.75, 3.05) is 11.9 Å². The summed E-state index contributed by atoms with van der Waals surface area (Å²) in [6.45, 7) is -1.36. The molecule has 11 heteroatoms. The normalized spacial score (nSPS) is 13.3. The van der Waals surface area contributed by atoms with Crippen LogP contribution in [0.5, 0.6) is 0 Å². The van der Waals surface area contributed by atoms with Crippen LogP contribution in [-0.4, -0.2) is 33.3 Å². The number of carbonyl (C=O) groups is 3. The Morgan fingerprint density at radius 2 is 2.04 bits per heavy atom. The minimum Gasteiger partial charge on any atom is -0.462 e. The Morgan fingerprint density at radius 3 is 2.57 bits per heavy atom. The fourth-order valence-corrected chi connectivity index (χ4v) is 1.59. The summed E-state index contributed by atoms with van der Waals surface area (Å²) in [6, 6.07) is -1.26. The van der Waals surface area contributed by atoms with E-state index in [1.165, 1.54) is 6.92 Å². The lowest BCUT2D eigenvalue weighted by Crippen LogP contribution is -2.41. The first-order chi connectivity index (χ1) is 11.8. The number of urea groups is 1. The quantitative estimate of drug-likeness (QED) is 0.457. The van der Waals surface area contributed by atoms with Crippen LogP contribution in [0.1, 0.15) is 27.0 Å². The summed E-state index contributed by atoms with van der Waals surface area (Å²) < 4.78 is 24.9. The van der Waals surface area contributed by atoms with Crippen LogP contribution in [-0.2, 0) is 9.53 Å². The lowest BCUT2D eigenvalue weighted by molar-refractivity contribution is -0.119. The van der Waals surface area contributed by atoms with E-state index in [4.69, 9.17) is 55.3 Å². The van der Waals surface area contributed by atoms with Crippen LogP contribution < -0.4 is 10.6 Å². The molecule has 0 unspecified atom stereocenters. The van der Waals surface area contributed by atoms with Crippen LogP contribution >= 0.6 is 46.4 Å². The van der Waals surface area contributed by atoms with Gasteiger partial charge in [-0.25, -0.2) is 14.6 Å². The highest BCUT2D eigenvalue weighted by Crippen LogP contribution is 2.27. The summed E-state index contributed by atoms with van der Waals surface area (Å²) in [5.74, 6) is -2.27. The number of amides is 3. The van der Waals surface area contributed by atoms with E-state index >= 15 is 0 Å². The van der Waals surface area contributed by atoms with Gasteiger partial charge in [-0.05, 0) is 13.8 Å². The molecule has 126 valence electrons. The van der Waals surface area contributed by atoms with Gasteiger partial charge in [-0.1, -0.05) is 46.4 Å². The molecule has 1 aromatic heterocycles. The highest BCUT2D eigenvalue weighted by Gasteiger charge is 2.32. The number of halogens is 4. The molecule has 0 aromatic carbocycles. The van der Waals surface area contributed by atoms with Crippen molar-refractivity contribution in [2.24, 2.45) is 0 Å². The molecule has 3 amide bonds. The van der Waals surface area contributed by atoms with Gasteiger partial charge in [0, 0.05) is 15.9 Å². The van der Waals surface area contributed by atoms with Gasteiger partial charge in [0.05, 0.1) is 12.3 Å². The van der Waals surface area contributed by atoms with E-state index in [1.54, 1.807) is 5.32 Å². The summed E-state index contributed by atoms with van der Waals surface area (Å²) in [4.78, 5) is 39.1. The van der Waals surface area contributed by atoms with Gasteiger partial charge in [-0.2, -0.15) is 0 Å². The number of nitrogens with zero attached hydrogens (tertiary/aromatic N) is 1. The van der Waals surface area contributed by atoms with Gasteiger partial charge < -0.3 is 10.1 Å². The minimum atomic E-state index is -2.85. The molecule has 0 saturated carbocycles. The first kappa shape index (κ1) is 15.3. The second kappa shape index (κ2) is 8.01. The van der Waals surface area contributed by atoms with E-state index in [0.29, 0.717) is 0 Å². The SMILES string of the molecule is [2H]C([2H])([2H])c1c(Cl)ncc(C(=O)OCC)c1NC(=O)NC(=O)C(Cl)(Cl)Cl. The van der Waals surface area contributed by atoms with Gasteiger partial charge in [0.25, 0.3) is 9.70 Å². The predicted molar refractivity (Wildman–Crippen MR) is 87.4 cm³/mol. The molecule has 0 atom stereocenters. The number of anilines is 1. The number of imide groups is 1. The van der Waals surface area contributed by atoms with E-state index in [0.717, 1.165) is 6.20 Å². The zero-order valence-electron chi connectivity index (χ0n) is 14.4. The van der Waals surface area contributed by atoms with E-state index in [9.17, 15) is 14.4 Å². The zero-order valence-corrected chi connectivity index (χ0v) is 14.4. The molecule has 7 nitrogen and oxygen atoms in total. The van der Waals surface area contributed by atoms with Gasteiger partial charge in [0.2, 0.25) is 0 Å². The standard InChI is InChI=1S/C12H11Cl4N3O4/c1-3-23-9(20)6-4-17-8(13)5(2)7(6)18-11(22)19-10(21)12(14,15)16/h4H,3H2,1-2H3,(H2,17,18,19,21,22)/i2D3. The van der Waals surface area contributed by atoms with Crippen molar-refractivity contribution in [3.63, 3.8) is 0 Å². The summed E-state index contributed by atoms with van der Waals surface area (Å²) in [5.41, 5.74) is -1.53. The molecule has 2 N–H and O–H groups in total. The molecule has 23 heavy (non-hydrogen) atoms. The number of pyridine rings is 1. The third kappa shape index (κ3) is 5.39. The molecule has 0 bridgehead atoms. The number of esters is 1. The fourth-order valence-electron chi connectivity index (χ4n) is 1.30. The van der Waals surface area contributed by atoms with E-state index in [1.807, 2.05) is 5.32 Å². The molecule has 1 heterocycles. The molecule has 0 aliphatic heterocycles. The summed E-state index contributed by atoms with van der Waals surface area (Å²) in [5, 5.41) is 3.23. The Morgan fingerprint density at radius 1 is 1.39 bits per heavy atom. The molecule has 1 aromatic rings. The third-order valence-corrected chi connectivity index (χ3v) is 3.05. The van der Waals surface area contributed by atoms with Crippen molar-refractivity contribution in [3.05, 3.63) is 22.5 Å². The molecule has 0 aliphatic carbocycles. The Bertz CT molecular complexity index is 738. The molecular formula is C12H11Cl4N3O4. The number of aromatic nitrogens is 1. The molecule has 0 fully saturated rings. The molecule has 1 rings (SSSR count). The first-order valence-corrected chi connectivity index (χ1v) is 7.35. The fraction of sp³-hybridized carbons (Fsp3) is 0.333. The number of carbonyl (C=O) groups excluding carboxylic acids is 3. The topological polar surface area (TPSA) is 97.4 Å². The lowest BCUT2D eigenvalue weighted by atomic mass is 10.1. The Balaban J connectivity index is 3.37. The van der Waals surface area contributed by atoms with Gasteiger partial charge in [-0.15, -0.1) is 0 Å². The second-order valence-corrected chi connectivity index (χ2v) is 6.48. The van der Waals surface area contributed by atoms with Crippen molar-refractivity contribution < 1.29 is 23.2 Å². The van der Waals surface area contributed by atoms with Crippen molar-refractivity contribution in [1.82, 2.24) is 10.3 Å². The van der Waals surface area contributed by atoms with Gasteiger partial charge in [-0.3, -0.25) is 10.1 Å². The van der Waals surface area contributed by atoms with Crippen LogP contribution in [0.3, 0.4) is 0 Å². The van der Waals surface area contributed by atoms with Crippen molar-refractivity contribution in [2.45, 2.75) is 17.6 Å². The second-order valence-electron chi connectivity index (χ2n) is 3.84. The number of ether oxygens (including phenoxy) is 1. The van der Waals surface area contributed by atoms with Gasteiger partial charge in [0.1, 0.15) is 10.7 Å². The van der Waals surface area contributed by atoms with Crippen molar-refractivity contribution in [3.8, 4) is 0 Å². The highest BCUT2D eigenvalue weighted by molar-refractivity contribution is 6.76. The smallest absolute Gasteiger partial charge is 0.341 e. The maximum absolute atomic E-state index is 12.0. The van der Waals surface area contributed by atoms with Crippen molar-refractivity contribution in [1.29, 1.82) is 0 Å². The number of rotatable bonds is 3. The molecule has 0 spiro atoms. The molecule has 0 saturated heterocycles. The van der Waals surface area contributed by atoms with Crippen LogP contribution in [0.4, 0.5) is 10.5 Å². The Kier molecular flexibility index (Phi) is 5.31. The number of hydrogen-bond acceptors (Lipinski definition) is 5. The number of hydrogen-bond donors (Lipinski definition) is 2. The highest BCUT2D eigenvalue weighted by atomic mass is 35.6. The third-order valence-electron chi connectivity index (χ3n) is 2.25. The van der Waals surface area contributed by atoms with Crippen LogP contribution in [0.15, 0.2) is 6.20 Å². The van der Waals surface area contributed by atoms with E-state index in [-0.39, 0.29) is 12.2 Å².